The van der Waals surface area contributed by atoms with Crippen molar-refractivity contribution in [1.82, 2.24) is 10.2 Å². The Morgan fingerprint density at radius 3 is 2.82 bits per heavy atom. The molecule has 4 nitrogen and oxygen atoms in total. The number of hydrogen-bond acceptors (Lipinski definition) is 2. The summed E-state index contributed by atoms with van der Waals surface area (Å²) in [5.41, 5.74) is 1.31. The summed E-state index contributed by atoms with van der Waals surface area (Å²) in [6.45, 7) is 3.36. The number of urea groups is 1. The van der Waals surface area contributed by atoms with E-state index in [-0.39, 0.29) is 18.2 Å². The van der Waals surface area contributed by atoms with Crippen molar-refractivity contribution in [2.24, 2.45) is 0 Å². The van der Waals surface area contributed by atoms with Crippen molar-refractivity contribution in [1.29, 1.82) is 0 Å². The van der Waals surface area contributed by atoms with Gasteiger partial charge in [0.15, 0.2) is 0 Å². The Balaban J connectivity index is 1.83. The van der Waals surface area contributed by atoms with Gasteiger partial charge in [-0.25, -0.2) is 4.79 Å². The second kappa shape index (κ2) is 8.79. The van der Waals surface area contributed by atoms with Gasteiger partial charge in [0.2, 0.25) is 0 Å². The zero-order valence-electron chi connectivity index (χ0n) is 13.5. The van der Waals surface area contributed by atoms with E-state index in [0.717, 1.165) is 45.1 Å². The summed E-state index contributed by atoms with van der Waals surface area (Å²) in [6, 6.07) is 10.6. The molecule has 1 saturated heterocycles. The van der Waals surface area contributed by atoms with E-state index in [9.17, 15) is 9.90 Å². The fourth-order valence-electron chi connectivity index (χ4n) is 3.03. The minimum atomic E-state index is -0.367. The second-order valence-corrected chi connectivity index (χ2v) is 6.20. The maximum Gasteiger partial charge on any atom is 0.317 e. The molecule has 0 aromatic heterocycles. The maximum atomic E-state index is 12.3. The molecular formula is C18H28N2O2. The van der Waals surface area contributed by atoms with Crippen molar-refractivity contribution < 1.29 is 9.90 Å². The lowest BCUT2D eigenvalue weighted by Gasteiger charge is -2.31. The molecule has 4 heteroatoms. The molecule has 2 rings (SSSR count). The van der Waals surface area contributed by atoms with Crippen LogP contribution in [0.5, 0.6) is 0 Å². The highest BCUT2D eigenvalue weighted by molar-refractivity contribution is 5.74. The largest absolute Gasteiger partial charge is 0.391 e. The van der Waals surface area contributed by atoms with Crippen LogP contribution in [0.4, 0.5) is 4.79 Å². The first-order chi connectivity index (χ1) is 10.7. The summed E-state index contributed by atoms with van der Waals surface area (Å²) in [5.74, 6) is 0. The molecule has 2 N–H and O–H groups in total. The van der Waals surface area contributed by atoms with Gasteiger partial charge in [-0.3, -0.25) is 0 Å². The van der Waals surface area contributed by atoms with Gasteiger partial charge in [-0.05, 0) is 37.7 Å². The number of carbonyl (C=O) groups excluding carboxylic acids is 1. The molecule has 0 spiro atoms. The van der Waals surface area contributed by atoms with E-state index < -0.39 is 0 Å². The van der Waals surface area contributed by atoms with Crippen LogP contribution in [0.25, 0.3) is 0 Å². The standard InChI is InChI=1S/C18H28N2O2/c1-2-7-16(12-11-15-8-4-3-5-9-15)19-18(22)20-13-6-10-17(21)14-20/h3-5,8-9,16-17,21H,2,6-7,10-14H2,1H3,(H,19,22). The fourth-order valence-corrected chi connectivity index (χ4v) is 3.03. The molecule has 1 aromatic carbocycles. The summed E-state index contributed by atoms with van der Waals surface area (Å²) in [4.78, 5) is 14.1. The third-order valence-corrected chi connectivity index (χ3v) is 4.27. The number of likely N-dealkylation sites (tertiary alicyclic amines) is 1. The number of piperidine rings is 1. The molecule has 1 aromatic rings. The van der Waals surface area contributed by atoms with Gasteiger partial charge in [-0.1, -0.05) is 43.7 Å². The predicted molar refractivity (Wildman–Crippen MR) is 88.8 cm³/mol. The Morgan fingerprint density at radius 2 is 2.14 bits per heavy atom. The molecule has 0 aliphatic carbocycles. The number of benzene rings is 1. The number of aliphatic hydroxyl groups is 1. The number of aryl methyl sites for hydroxylation is 1. The Bertz CT molecular complexity index is 450. The van der Waals surface area contributed by atoms with Gasteiger partial charge in [0.05, 0.1) is 6.10 Å². The second-order valence-electron chi connectivity index (χ2n) is 6.20. The van der Waals surface area contributed by atoms with Gasteiger partial charge in [0.25, 0.3) is 0 Å². The Morgan fingerprint density at radius 1 is 1.36 bits per heavy atom. The Hall–Kier alpha value is -1.55. The van der Waals surface area contributed by atoms with Gasteiger partial charge in [0, 0.05) is 19.1 Å². The van der Waals surface area contributed by atoms with Crippen molar-refractivity contribution in [3.63, 3.8) is 0 Å². The molecule has 1 aliphatic heterocycles. The number of amides is 2. The first-order valence-electron chi connectivity index (χ1n) is 8.46. The zero-order valence-corrected chi connectivity index (χ0v) is 13.5. The molecule has 2 unspecified atom stereocenters. The van der Waals surface area contributed by atoms with E-state index in [1.807, 2.05) is 6.07 Å². The van der Waals surface area contributed by atoms with Crippen molar-refractivity contribution in [3.8, 4) is 0 Å². The van der Waals surface area contributed by atoms with Crippen LogP contribution < -0.4 is 5.32 Å². The van der Waals surface area contributed by atoms with Gasteiger partial charge >= 0.3 is 6.03 Å². The molecule has 1 aliphatic rings. The summed E-state index contributed by atoms with van der Waals surface area (Å²) in [5, 5.41) is 12.9. The van der Waals surface area contributed by atoms with E-state index in [2.05, 4.69) is 36.5 Å². The molecule has 0 radical (unpaired) electrons. The minimum absolute atomic E-state index is 0.0229. The average Bonchev–Trinajstić information content (AvgIpc) is 2.54. The fraction of sp³-hybridized carbons (Fsp3) is 0.611. The predicted octanol–water partition coefficient (Wildman–Crippen LogP) is 2.95. The highest BCUT2D eigenvalue weighted by Gasteiger charge is 2.23. The lowest BCUT2D eigenvalue weighted by atomic mass is 10.0. The van der Waals surface area contributed by atoms with Gasteiger partial charge < -0.3 is 15.3 Å². The minimum Gasteiger partial charge on any atom is -0.391 e. The third kappa shape index (κ3) is 5.34. The molecule has 2 amide bonds. The Kier molecular flexibility index (Phi) is 6.72. The van der Waals surface area contributed by atoms with Gasteiger partial charge in [0.1, 0.15) is 0 Å². The van der Waals surface area contributed by atoms with E-state index in [1.54, 1.807) is 4.90 Å². The molecule has 0 bridgehead atoms. The zero-order chi connectivity index (χ0) is 15.8. The van der Waals surface area contributed by atoms with Crippen LogP contribution in [0.2, 0.25) is 0 Å². The maximum absolute atomic E-state index is 12.3. The molecule has 2 atom stereocenters. The van der Waals surface area contributed by atoms with Gasteiger partial charge in [-0.15, -0.1) is 0 Å². The summed E-state index contributed by atoms with van der Waals surface area (Å²) >= 11 is 0. The molecule has 0 saturated carbocycles. The molecular weight excluding hydrogens is 276 g/mol. The average molecular weight is 304 g/mol. The smallest absolute Gasteiger partial charge is 0.317 e. The van der Waals surface area contributed by atoms with Crippen LogP contribution in [-0.4, -0.2) is 41.3 Å². The highest BCUT2D eigenvalue weighted by Crippen LogP contribution is 2.12. The summed E-state index contributed by atoms with van der Waals surface area (Å²) < 4.78 is 0. The quantitative estimate of drug-likeness (QED) is 0.849. The van der Waals surface area contributed by atoms with E-state index >= 15 is 0 Å². The molecule has 122 valence electrons. The number of nitrogens with zero attached hydrogens (tertiary/aromatic N) is 1. The molecule has 1 fully saturated rings. The number of hydrogen-bond donors (Lipinski definition) is 2. The van der Waals surface area contributed by atoms with Crippen molar-refractivity contribution in [3.05, 3.63) is 35.9 Å². The van der Waals surface area contributed by atoms with Crippen LogP contribution in [0.3, 0.4) is 0 Å². The first-order valence-corrected chi connectivity index (χ1v) is 8.46. The normalized spacial score (nSPS) is 19.7. The van der Waals surface area contributed by atoms with E-state index in [1.165, 1.54) is 5.56 Å². The monoisotopic (exact) mass is 304 g/mol. The lowest BCUT2D eigenvalue weighted by molar-refractivity contribution is 0.0830. The molecule has 1 heterocycles. The van der Waals surface area contributed by atoms with Crippen molar-refractivity contribution in [2.45, 2.75) is 57.6 Å². The first kappa shape index (κ1) is 16.8. The van der Waals surface area contributed by atoms with Crippen molar-refractivity contribution >= 4 is 6.03 Å². The third-order valence-electron chi connectivity index (χ3n) is 4.27. The molecule has 22 heavy (non-hydrogen) atoms. The number of carbonyl (C=O) groups is 1. The number of rotatable bonds is 6. The van der Waals surface area contributed by atoms with Crippen molar-refractivity contribution in [2.75, 3.05) is 13.1 Å². The van der Waals surface area contributed by atoms with Crippen LogP contribution in [0, 0.1) is 0 Å². The van der Waals surface area contributed by atoms with Crippen LogP contribution in [0.1, 0.15) is 44.6 Å². The van der Waals surface area contributed by atoms with E-state index in [0.29, 0.717) is 6.54 Å². The van der Waals surface area contributed by atoms with Crippen LogP contribution in [-0.2, 0) is 6.42 Å². The lowest BCUT2D eigenvalue weighted by Crippen LogP contribution is -2.49. The topological polar surface area (TPSA) is 52.6 Å². The summed E-state index contributed by atoms with van der Waals surface area (Å²) in [7, 11) is 0. The SMILES string of the molecule is CCCC(CCc1ccccc1)NC(=O)N1CCCC(O)C1. The number of nitrogens with one attached hydrogen (secondary N) is 1. The van der Waals surface area contributed by atoms with Gasteiger partial charge in [-0.2, -0.15) is 0 Å². The highest BCUT2D eigenvalue weighted by atomic mass is 16.3. The Labute approximate surface area is 133 Å². The number of aliphatic hydroxyl groups excluding tert-OH is 1. The van der Waals surface area contributed by atoms with E-state index in [4.69, 9.17) is 0 Å². The summed E-state index contributed by atoms with van der Waals surface area (Å²) in [6.07, 6.45) is 5.31. The van der Waals surface area contributed by atoms with Crippen LogP contribution >= 0.6 is 0 Å². The van der Waals surface area contributed by atoms with Crippen LogP contribution in [0.15, 0.2) is 30.3 Å². The number of β-amino-alcohol motifs (C(OH)–C–C–N with tert-alkyl or cyclic N) is 1.